The van der Waals surface area contributed by atoms with Gasteiger partial charge >= 0.3 is 6.09 Å². The van der Waals surface area contributed by atoms with Crippen LogP contribution in [0.4, 0.5) is 21.9 Å². The van der Waals surface area contributed by atoms with Crippen LogP contribution in [-0.2, 0) is 9.53 Å². The number of anilines is 3. The summed E-state index contributed by atoms with van der Waals surface area (Å²) in [7, 11) is 0. The monoisotopic (exact) mass is 521 g/mol. The van der Waals surface area contributed by atoms with E-state index in [0.29, 0.717) is 27.6 Å². The van der Waals surface area contributed by atoms with Gasteiger partial charge < -0.3 is 20.7 Å². The standard InChI is InChI=1S/C27H28ClN5O4/c1-17(34)31-22-6-7-23(24(16-22)32-26(35)20-2-4-21(28)5-3-20)33-27(36)37-25(18-8-12-29-13-9-18)19-10-14-30-15-11-19/h2-9,12-13,16,19,25,30H,10-11,14-15H2,1H3,(H,31,34)(H,32,35)(H,33,36). The number of carbonyl (C=O) groups excluding carboxylic acids is 3. The van der Waals surface area contributed by atoms with Crippen molar-refractivity contribution in [3.8, 4) is 0 Å². The quantitative estimate of drug-likeness (QED) is 0.337. The molecule has 4 rings (SSSR count). The Morgan fingerprint density at radius 3 is 2.32 bits per heavy atom. The second-order valence-electron chi connectivity index (χ2n) is 8.72. The predicted octanol–water partition coefficient (Wildman–Crippen LogP) is 5.24. The van der Waals surface area contributed by atoms with Crippen molar-refractivity contribution < 1.29 is 19.1 Å². The predicted molar refractivity (Wildman–Crippen MR) is 143 cm³/mol. The first-order chi connectivity index (χ1) is 17.9. The maximum absolute atomic E-state index is 13.1. The number of ether oxygens (including phenoxy) is 1. The molecule has 1 unspecified atom stereocenters. The molecule has 10 heteroatoms. The average Bonchev–Trinajstić information content (AvgIpc) is 2.90. The largest absolute Gasteiger partial charge is 0.441 e. The van der Waals surface area contributed by atoms with Crippen LogP contribution in [0.2, 0.25) is 5.02 Å². The maximum atomic E-state index is 13.1. The molecule has 37 heavy (non-hydrogen) atoms. The van der Waals surface area contributed by atoms with E-state index in [-0.39, 0.29) is 11.8 Å². The van der Waals surface area contributed by atoms with Gasteiger partial charge in [-0.3, -0.25) is 19.9 Å². The number of piperidine rings is 1. The Labute approximate surface area is 220 Å². The highest BCUT2D eigenvalue weighted by molar-refractivity contribution is 6.30. The normalized spacial score (nSPS) is 14.3. The van der Waals surface area contributed by atoms with E-state index in [1.807, 2.05) is 12.1 Å². The fourth-order valence-corrected chi connectivity index (χ4v) is 4.35. The summed E-state index contributed by atoms with van der Waals surface area (Å²) in [5.74, 6) is -0.518. The number of halogens is 1. The van der Waals surface area contributed by atoms with Crippen molar-refractivity contribution in [2.75, 3.05) is 29.0 Å². The number of amides is 3. The smallest absolute Gasteiger partial charge is 0.412 e. The lowest BCUT2D eigenvalue weighted by Crippen LogP contribution is -2.33. The summed E-state index contributed by atoms with van der Waals surface area (Å²) in [4.78, 5) is 41.6. The van der Waals surface area contributed by atoms with Gasteiger partial charge in [-0.25, -0.2) is 4.79 Å². The summed E-state index contributed by atoms with van der Waals surface area (Å²) in [5.41, 5.74) is 2.33. The van der Waals surface area contributed by atoms with Gasteiger partial charge in [0.05, 0.1) is 11.4 Å². The molecule has 192 valence electrons. The molecule has 0 bridgehead atoms. The number of nitrogens with one attached hydrogen (secondary N) is 4. The number of pyridine rings is 1. The minimum Gasteiger partial charge on any atom is -0.441 e. The minimum atomic E-state index is -0.658. The molecular formula is C27H28ClN5O4. The van der Waals surface area contributed by atoms with E-state index in [4.69, 9.17) is 16.3 Å². The SMILES string of the molecule is CC(=O)Nc1ccc(NC(=O)OC(c2ccncc2)C2CCNCC2)c(NC(=O)c2ccc(Cl)cc2)c1. The summed E-state index contributed by atoms with van der Waals surface area (Å²) >= 11 is 5.93. The van der Waals surface area contributed by atoms with Gasteiger partial charge in [0.2, 0.25) is 5.91 Å². The Hall–Kier alpha value is -3.95. The van der Waals surface area contributed by atoms with Gasteiger partial charge in [-0.05, 0) is 86.1 Å². The fraction of sp³-hybridized carbons (Fsp3) is 0.259. The summed E-state index contributed by atoms with van der Waals surface area (Å²) in [6, 6.07) is 14.9. The number of hydrogen-bond acceptors (Lipinski definition) is 6. The van der Waals surface area contributed by atoms with Gasteiger partial charge in [0.1, 0.15) is 6.10 Å². The summed E-state index contributed by atoms with van der Waals surface area (Å²) in [6.45, 7) is 3.08. The van der Waals surface area contributed by atoms with Crippen LogP contribution in [0.15, 0.2) is 67.0 Å². The van der Waals surface area contributed by atoms with E-state index in [2.05, 4.69) is 26.3 Å². The summed E-state index contributed by atoms with van der Waals surface area (Å²) in [6.07, 6.45) is 3.99. The van der Waals surface area contributed by atoms with Crippen LogP contribution in [0.3, 0.4) is 0 Å². The molecule has 2 aromatic carbocycles. The van der Waals surface area contributed by atoms with E-state index in [9.17, 15) is 14.4 Å². The molecule has 1 aromatic heterocycles. The molecule has 0 saturated carbocycles. The molecular weight excluding hydrogens is 494 g/mol. The zero-order valence-electron chi connectivity index (χ0n) is 20.3. The highest BCUT2D eigenvalue weighted by Crippen LogP contribution is 2.33. The van der Waals surface area contributed by atoms with Gasteiger partial charge in [-0.2, -0.15) is 0 Å². The van der Waals surface area contributed by atoms with Crippen LogP contribution in [0, 0.1) is 5.92 Å². The Bertz CT molecular complexity index is 1250. The van der Waals surface area contributed by atoms with Crippen LogP contribution < -0.4 is 21.3 Å². The second kappa shape index (κ2) is 12.3. The van der Waals surface area contributed by atoms with Crippen LogP contribution in [0.5, 0.6) is 0 Å². The molecule has 0 aliphatic carbocycles. The van der Waals surface area contributed by atoms with Crippen LogP contribution in [0.25, 0.3) is 0 Å². The molecule has 0 radical (unpaired) electrons. The Balaban J connectivity index is 1.55. The summed E-state index contributed by atoms with van der Waals surface area (Å²) in [5, 5.41) is 12.1. The molecule has 3 aromatic rings. The molecule has 3 amide bonds. The first-order valence-corrected chi connectivity index (χ1v) is 12.3. The van der Waals surface area contributed by atoms with Crippen LogP contribution >= 0.6 is 11.6 Å². The number of nitrogens with zero attached hydrogens (tertiary/aromatic N) is 1. The third-order valence-corrected chi connectivity index (χ3v) is 6.26. The van der Waals surface area contributed by atoms with E-state index in [1.54, 1.807) is 54.9 Å². The first kappa shape index (κ1) is 26.1. The van der Waals surface area contributed by atoms with Crippen molar-refractivity contribution >= 4 is 46.6 Å². The van der Waals surface area contributed by atoms with E-state index < -0.39 is 18.1 Å². The van der Waals surface area contributed by atoms with Crippen molar-refractivity contribution in [3.63, 3.8) is 0 Å². The highest BCUT2D eigenvalue weighted by Gasteiger charge is 2.29. The van der Waals surface area contributed by atoms with Crippen LogP contribution in [-0.4, -0.2) is 36.0 Å². The first-order valence-electron chi connectivity index (χ1n) is 12.0. The molecule has 2 heterocycles. The molecule has 1 atom stereocenters. The number of aromatic nitrogens is 1. The van der Waals surface area contributed by atoms with Crippen LogP contribution in [0.1, 0.15) is 41.8 Å². The molecule has 1 aliphatic heterocycles. The summed E-state index contributed by atoms with van der Waals surface area (Å²) < 4.78 is 5.93. The lowest BCUT2D eigenvalue weighted by atomic mass is 9.88. The molecule has 9 nitrogen and oxygen atoms in total. The van der Waals surface area contributed by atoms with Crippen molar-refractivity contribution in [2.24, 2.45) is 5.92 Å². The minimum absolute atomic E-state index is 0.153. The van der Waals surface area contributed by atoms with Crippen molar-refractivity contribution in [1.29, 1.82) is 0 Å². The Morgan fingerprint density at radius 1 is 0.946 bits per heavy atom. The maximum Gasteiger partial charge on any atom is 0.412 e. The number of hydrogen-bond donors (Lipinski definition) is 4. The van der Waals surface area contributed by atoms with Gasteiger partial charge in [0.15, 0.2) is 0 Å². The average molecular weight is 522 g/mol. The third kappa shape index (κ3) is 7.28. The van der Waals surface area contributed by atoms with E-state index in [1.165, 1.54) is 6.92 Å². The zero-order chi connectivity index (χ0) is 26.2. The topological polar surface area (TPSA) is 121 Å². The molecule has 1 aliphatic rings. The molecule has 4 N–H and O–H groups in total. The van der Waals surface area contributed by atoms with Crippen molar-refractivity contribution in [3.05, 3.63) is 83.1 Å². The van der Waals surface area contributed by atoms with Crippen molar-refractivity contribution in [2.45, 2.75) is 25.9 Å². The van der Waals surface area contributed by atoms with Gasteiger partial charge in [0.25, 0.3) is 5.91 Å². The van der Waals surface area contributed by atoms with Gasteiger partial charge in [-0.15, -0.1) is 0 Å². The molecule has 0 spiro atoms. The highest BCUT2D eigenvalue weighted by atomic mass is 35.5. The lowest BCUT2D eigenvalue weighted by Gasteiger charge is -2.30. The van der Waals surface area contributed by atoms with Gasteiger partial charge in [-0.1, -0.05) is 11.6 Å². The lowest BCUT2D eigenvalue weighted by molar-refractivity contribution is -0.114. The Morgan fingerprint density at radius 2 is 1.65 bits per heavy atom. The van der Waals surface area contributed by atoms with E-state index >= 15 is 0 Å². The number of rotatable bonds is 7. The number of carbonyl (C=O) groups is 3. The Kier molecular flexibility index (Phi) is 8.71. The fourth-order valence-electron chi connectivity index (χ4n) is 4.22. The third-order valence-electron chi connectivity index (χ3n) is 6.01. The van der Waals surface area contributed by atoms with Gasteiger partial charge in [0, 0.05) is 41.5 Å². The van der Waals surface area contributed by atoms with Crippen molar-refractivity contribution in [1.82, 2.24) is 10.3 Å². The molecule has 1 saturated heterocycles. The van der Waals surface area contributed by atoms with E-state index in [0.717, 1.165) is 31.5 Å². The molecule has 1 fully saturated rings. The number of benzene rings is 2. The second-order valence-corrected chi connectivity index (χ2v) is 9.16. The zero-order valence-corrected chi connectivity index (χ0v) is 21.0.